The van der Waals surface area contributed by atoms with Gasteiger partial charge in [0.05, 0.1) is 5.02 Å². The molecule has 0 aliphatic carbocycles. The average molecular weight is 261 g/mol. The first kappa shape index (κ1) is 12.5. The van der Waals surface area contributed by atoms with Gasteiger partial charge in [-0.15, -0.1) is 12.3 Å². The van der Waals surface area contributed by atoms with Crippen LogP contribution in [0.3, 0.4) is 0 Å². The molecule has 0 radical (unpaired) electrons. The van der Waals surface area contributed by atoms with Gasteiger partial charge >= 0.3 is 0 Å². The molecule has 18 heavy (non-hydrogen) atoms. The van der Waals surface area contributed by atoms with Crippen molar-refractivity contribution in [2.45, 2.75) is 6.42 Å². The maximum Gasteiger partial charge on any atom is 0.146 e. The highest BCUT2D eigenvalue weighted by atomic mass is 35.5. The first-order valence-corrected chi connectivity index (χ1v) is 5.72. The second-order valence-electron chi connectivity index (χ2n) is 3.70. The van der Waals surface area contributed by atoms with E-state index in [-0.39, 0.29) is 5.82 Å². The van der Waals surface area contributed by atoms with Crippen LogP contribution in [0.5, 0.6) is 11.5 Å². The Morgan fingerprint density at radius 1 is 1.17 bits per heavy atom. The normalized spacial score (nSPS) is 9.83. The van der Waals surface area contributed by atoms with Gasteiger partial charge in [-0.1, -0.05) is 17.7 Å². The van der Waals surface area contributed by atoms with Gasteiger partial charge < -0.3 is 4.74 Å². The molecule has 2 aromatic carbocycles. The molecule has 0 saturated heterocycles. The Bertz CT molecular complexity index is 584. The summed E-state index contributed by atoms with van der Waals surface area (Å²) in [6, 6.07) is 11.1. The van der Waals surface area contributed by atoms with Gasteiger partial charge in [-0.2, -0.15) is 0 Å². The molecule has 0 heterocycles. The number of hydrogen-bond donors (Lipinski definition) is 0. The SMILES string of the molecule is C#CCc1ccc(Cl)c(Oc2ccc(F)cc2)c1. The summed E-state index contributed by atoms with van der Waals surface area (Å²) in [5.74, 6) is 3.28. The van der Waals surface area contributed by atoms with E-state index >= 15 is 0 Å². The lowest BCUT2D eigenvalue weighted by molar-refractivity contribution is 0.480. The van der Waals surface area contributed by atoms with Crippen LogP contribution >= 0.6 is 11.6 Å². The van der Waals surface area contributed by atoms with E-state index in [0.717, 1.165) is 5.56 Å². The highest BCUT2D eigenvalue weighted by Crippen LogP contribution is 2.30. The Morgan fingerprint density at radius 2 is 1.89 bits per heavy atom. The number of halogens is 2. The molecule has 0 atom stereocenters. The summed E-state index contributed by atoms with van der Waals surface area (Å²) in [4.78, 5) is 0. The summed E-state index contributed by atoms with van der Waals surface area (Å²) in [7, 11) is 0. The lowest BCUT2D eigenvalue weighted by Gasteiger charge is -2.08. The van der Waals surface area contributed by atoms with E-state index in [1.54, 1.807) is 24.3 Å². The van der Waals surface area contributed by atoms with Crippen molar-refractivity contribution >= 4 is 11.6 Å². The fourth-order valence-corrected chi connectivity index (χ4v) is 1.64. The third kappa shape index (κ3) is 3.03. The summed E-state index contributed by atoms with van der Waals surface area (Å²) < 4.78 is 18.3. The highest BCUT2D eigenvalue weighted by Gasteiger charge is 2.04. The van der Waals surface area contributed by atoms with Crippen molar-refractivity contribution in [3.8, 4) is 23.8 Å². The molecule has 0 fully saturated rings. The van der Waals surface area contributed by atoms with Crippen LogP contribution in [-0.4, -0.2) is 0 Å². The average Bonchev–Trinajstić information content (AvgIpc) is 2.36. The monoisotopic (exact) mass is 260 g/mol. The second kappa shape index (κ2) is 5.57. The Morgan fingerprint density at radius 3 is 2.56 bits per heavy atom. The third-order valence-corrected chi connectivity index (χ3v) is 2.66. The molecule has 0 aromatic heterocycles. The van der Waals surface area contributed by atoms with Crippen molar-refractivity contribution in [3.63, 3.8) is 0 Å². The minimum Gasteiger partial charge on any atom is -0.456 e. The molecule has 0 bridgehead atoms. The van der Waals surface area contributed by atoms with Gasteiger partial charge in [0.2, 0.25) is 0 Å². The zero-order valence-corrected chi connectivity index (χ0v) is 10.2. The van der Waals surface area contributed by atoms with Gasteiger partial charge in [-0.3, -0.25) is 0 Å². The molecule has 0 spiro atoms. The Hall–Kier alpha value is -1.98. The van der Waals surface area contributed by atoms with Crippen LogP contribution in [-0.2, 0) is 6.42 Å². The lowest BCUT2D eigenvalue weighted by Crippen LogP contribution is -1.88. The van der Waals surface area contributed by atoms with Gasteiger partial charge in [0.25, 0.3) is 0 Å². The smallest absolute Gasteiger partial charge is 0.146 e. The van der Waals surface area contributed by atoms with Crippen LogP contribution in [0, 0.1) is 18.2 Å². The minimum atomic E-state index is -0.311. The Balaban J connectivity index is 2.25. The van der Waals surface area contributed by atoms with E-state index in [9.17, 15) is 4.39 Å². The third-order valence-electron chi connectivity index (χ3n) is 2.34. The lowest BCUT2D eigenvalue weighted by atomic mass is 10.1. The van der Waals surface area contributed by atoms with E-state index in [1.807, 2.05) is 6.07 Å². The minimum absolute atomic E-state index is 0.311. The van der Waals surface area contributed by atoms with E-state index in [0.29, 0.717) is 22.9 Å². The van der Waals surface area contributed by atoms with E-state index in [2.05, 4.69) is 5.92 Å². The number of ether oxygens (including phenoxy) is 1. The maximum absolute atomic E-state index is 12.8. The fraction of sp³-hybridized carbons (Fsp3) is 0.0667. The number of hydrogen-bond acceptors (Lipinski definition) is 1. The summed E-state index contributed by atoms with van der Waals surface area (Å²) in [5, 5.41) is 0.486. The highest BCUT2D eigenvalue weighted by molar-refractivity contribution is 6.32. The van der Waals surface area contributed by atoms with Crippen LogP contribution in [0.15, 0.2) is 42.5 Å². The molecule has 0 unspecified atom stereocenters. The summed E-state index contributed by atoms with van der Waals surface area (Å²) >= 11 is 6.03. The maximum atomic E-state index is 12.8. The first-order chi connectivity index (χ1) is 8.69. The summed E-state index contributed by atoms with van der Waals surface area (Å²) in [6.45, 7) is 0. The van der Waals surface area contributed by atoms with Crippen LogP contribution in [0.25, 0.3) is 0 Å². The number of benzene rings is 2. The van der Waals surface area contributed by atoms with E-state index in [4.69, 9.17) is 22.8 Å². The van der Waals surface area contributed by atoms with Gasteiger partial charge in [0.1, 0.15) is 17.3 Å². The molecule has 0 amide bonds. The predicted octanol–water partition coefficient (Wildman–Crippen LogP) is 4.45. The van der Waals surface area contributed by atoms with Crippen molar-refractivity contribution in [2.75, 3.05) is 0 Å². The van der Waals surface area contributed by atoms with Crippen molar-refractivity contribution in [3.05, 3.63) is 58.9 Å². The number of terminal acetylenes is 1. The number of rotatable bonds is 3. The molecule has 90 valence electrons. The van der Waals surface area contributed by atoms with Crippen molar-refractivity contribution in [2.24, 2.45) is 0 Å². The quantitative estimate of drug-likeness (QED) is 0.741. The molecular formula is C15H10ClFO. The van der Waals surface area contributed by atoms with Gasteiger partial charge in [-0.25, -0.2) is 4.39 Å². The first-order valence-electron chi connectivity index (χ1n) is 5.34. The van der Waals surface area contributed by atoms with E-state index in [1.165, 1.54) is 12.1 Å². The molecule has 2 aromatic rings. The zero-order chi connectivity index (χ0) is 13.0. The molecule has 0 N–H and O–H groups in total. The standard InChI is InChI=1S/C15H10ClFO/c1-2-3-11-4-9-14(16)15(10-11)18-13-7-5-12(17)6-8-13/h1,4-10H,3H2. The molecule has 0 aliphatic heterocycles. The van der Waals surface area contributed by atoms with Gasteiger partial charge in [-0.05, 0) is 42.0 Å². The van der Waals surface area contributed by atoms with Crippen molar-refractivity contribution in [1.82, 2.24) is 0 Å². The van der Waals surface area contributed by atoms with Crippen LogP contribution in [0.4, 0.5) is 4.39 Å². The Labute approximate surface area is 110 Å². The van der Waals surface area contributed by atoms with E-state index < -0.39 is 0 Å². The molecule has 3 heteroatoms. The Kier molecular flexibility index (Phi) is 3.86. The summed E-state index contributed by atoms with van der Waals surface area (Å²) in [6.07, 6.45) is 5.76. The zero-order valence-electron chi connectivity index (χ0n) is 9.49. The largest absolute Gasteiger partial charge is 0.456 e. The summed E-state index contributed by atoms with van der Waals surface area (Å²) in [5.41, 5.74) is 0.944. The van der Waals surface area contributed by atoms with Gasteiger partial charge in [0, 0.05) is 6.42 Å². The van der Waals surface area contributed by atoms with Crippen LogP contribution in [0.2, 0.25) is 5.02 Å². The molecule has 0 aliphatic rings. The second-order valence-corrected chi connectivity index (χ2v) is 4.11. The van der Waals surface area contributed by atoms with Gasteiger partial charge in [0.15, 0.2) is 0 Å². The molecule has 2 rings (SSSR count). The molecule has 1 nitrogen and oxygen atoms in total. The predicted molar refractivity (Wildman–Crippen MR) is 70.5 cm³/mol. The topological polar surface area (TPSA) is 9.23 Å². The van der Waals surface area contributed by atoms with Crippen molar-refractivity contribution in [1.29, 1.82) is 0 Å². The van der Waals surface area contributed by atoms with Crippen LogP contribution < -0.4 is 4.74 Å². The fourth-order valence-electron chi connectivity index (χ4n) is 1.48. The van der Waals surface area contributed by atoms with Crippen LogP contribution in [0.1, 0.15) is 5.56 Å². The molecular weight excluding hydrogens is 251 g/mol. The molecule has 0 saturated carbocycles. The van der Waals surface area contributed by atoms with Crippen molar-refractivity contribution < 1.29 is 9.13 Å².